The molecule has 0 unspecified atom stereocenters. The third-order valence-corrected chi connectivity index (χ3v) is 5.28. The van der Waals surface area contributed by atoms with Crippen LogP contribution in [0.4, 0.5) is 0 Å². The van der Waals surface area contributed by atoms with E-state index in [0.29, 0.717) is 5.67 Å². The van der Waals surface area contributed by atoms with Crippen molar-refractivity contribution in [3.63, 3.8) is 0 Å². The Morgan fingerprint density at radius 2 is 1.83 bits per heavy atom. The van der Waals surface area contributed by atoms with E-state index in [1.807, 2.05) is 30.6 Å². The zero-order chi connectivity index (χ0) is 13.2. The average Bonchev–Trinajstić information content (AvgIpc) is 2.82. The molecule has 3 nitrogen and oxygen atoms in total. The van der Waals surface area contributed by atoms with Crippen molar-refractivity contribution in [2.45, 2.75) is 25.3 Å². The number of nitrogens with zero attached hydrogens (tertiary/aromatic N) is 2. The van der Waals surface area contributed by atoms with Crippen LogP contribution in [0.2, 0.25) is 19.6 Å². The highest BCUT2D eigenvalue weighted by atomic mass is 28.3. The van der Waals surface area contributed by atoms with E-state index in [-0.39, 0.29) is 0 Å². The van der Waals surface area contributed by atoms with Gasteiger partial charge in [-0.3, -0.25) is 4.68 Å². The first-order chi connectivity index (χ1) is 8.52. The van der Waals surface area contributed by atoms with Gasteiger partial charge in [0.25, 0.3) is 0 Å². The lowest BCUT2D eigenvalue weighted by atomic mass is 10.2. The van der Waals surface area contributed by atoms with Gasteiger partial charge >= 0.3 is 0 Å². The highest BCUT2D eigenvalue weighted by molar-refractivity contribution is 6.77. The molecule has 1 atom stereocenters. The van der Waals surface area contributed by atoms with Gasteiger partial charge in [0.15, 0.2) is 0 Å². The molecule has 1 aromatic heterocycles. The molecule has 0 aliphatic heterocycles. The second-order valence-corrected chi connectivity index (χ2v) is 10.8. The number of hydrogen-bond acceptors (Lipinski definition) is 2. The Morgan fingerprint density at radius 3 is 2.28 bits per heavy atom. The molecule has 2 aromatic rings. The molecule has 0 fully saturated rings. The van der Waals surface area contributed by atoms with Gasteiger partial charge in [-0.25, -0.2) is 0 Å². The molecule has 0 amide bonds. The Kier molecular flexibility index (Phi) is 3.57. The second kappa shape index (κ2) is 4.98. The molecule has 96 valence electrons. The summed E-state index contributed by atoms with van der Waals surface area (Å²) in [4.78, 5) is 0. The quantitative estimate of drug-likeness (QED) is 0.788. The van der Waals surface area contributed by atoms with Crippen molar-refractivity contribution >= 4 is 8.07 Å². The van der Waals surface area contributed by atoms with Crippen LogP contribution in [0.5, 0.6) is 5.75 Å². The molecule has 1 heterocycles. The van der Waals surface area contributed by atoms with E-state index in [4.69, 9.17) is 4.74 Å². The maximum atomic E-state index is 5.21. The number of ether oxygens (including phenoxy) is 1. The minimum absolute atomic E-state index is 0.360. The Hall–Kier alpha value is -1.55. The zero-order valence-corrected chi connectivity index (χ0v) is 12.4. The van der Waals surface area contributed by atoms with E-state index < -0.39 is 8.07 Å². The van der Waals surface area contributed by atoms with Crippen LogP contribution in [-0.2, 0) is 0 Å². The monoisotopic (exact) mass is 260 g/mol. The number of hydrogen-bond donors (Lipinski definition) is 0. The van der Waals surface area contributed by atoms with Crippen molar-refractivity contribution in [2.75, 3.05) is 7.11 Å². The highest BCUT2D eigenvalue weighted by Gasteiger charge is 2.30. The van der Waals surface area contributed by atoms with Gasteiger partial charge in [-0.2, -0.15) is 5.10 Å². The standard InChI is InChI=1S/C14H20N2OSi/c1-17-13-8-6-12(7-9-13)14(18(2,3)4)16-11-5-10-15-16/h5-11,14H,1-4H3/t14-/m0/s1. The molecule has 0 saturated heterocycles. The largest absolute Gasteiger partial charge is 0.497 e. The summed E-state index contributed by atoms with van der Waals surface area (Å²) >= 11 is 0. The molecular formula is C14H20N2OSi. The van der Waals surface area contributed by atoms with Crippen LogP contribution in [-0.4, -0.2) is 25.0 Å². The van der Waals surface area contributed by atoms with Crippen LogP contribution in [0, 0.1) is 0 Å². The zero-order valence-electron chi connectivity index (χ0n) is 11.4. The molecule has 0 saturated carbocycles. The summed E-state index contributed by atoms with van der Waals surface area (Å²) in [6.07, 6.45) is 3.89. The predicted octanol–water partition coefficient (Wildman–Crippen LogP) is 3.36. The fraction of sp³-hybridized carbons (Fsp3) is 0.357. The van der Waals surface area contributed by atoms with E-state index in [1.165, 1.54) is 5.56 Å². The highest BCUT2D eigenvalue weighted by Crippen LogP contribution is 2.29. The lowest BCUT2D eigenvalue weighted by Crippen LogP contribution is -2.36. The van der Waals surface area contributed by atoms with Crippen LogP contribution >= 0.6 is 0 Å². The van der Waals surface area contributed by atoms with E-state index in [0.717, 1.165) is 5.75 Å². The average molecular weight is 260 g/mol. The second-order valence-electron chi connectivity index (χ2n) is 5.53. The normalized spacial score (nSPS) is 13.3. The fourth-order valence-electron chi connectivity index (χ4n) is 2.27. The van der Waals surface area contributed by atoms with Gasteiger partial charge in [0.05, 0.1) is 20.8 Å². The SMILES string of the molecule is COc1ccc([C@@H](n2cccn2)[Si](C)(C)C)cc1. The van der Waals surface area contributed by atoms with Crippen molar-refractivity contribution in [3.05, 3.63) is 48.3 Å². The predicted molar refractivity (Wildman–Crippen MR) is 76.7 cm³/mol. The maximum absolute atomic E-state index is 5.21. The summed E-state index contributed by atoms with van der Waals surface area (Å²) in [6.45, 7) is 7.09. The van der Waals surface area contributed by atoms with Crippen LogP contribution in [0.1, 0.15) is 11.2 Å². The Balaban J connectivity index is 2.40. The minimum atomic E-state index is -1.40. The molecule has 0 bridgehead atoms. The van der Waals surface area contributed by atoms with Crippen molar-refractivity contribution in [3.8, 4) is 5.75 Å². The summed E-state index contributed by atoms with van der Waals surface area (Å²) in [5.41, 5.74) is 1.66. The lowest BCUT2D eigenvalue weighted by molar-refractivity contribution is 0.414. The van der Waals surface area contributed by atoms with E-state index >= 15 is 0 Å². The molecule has 4 heteroatoms. The molecule has 0 radical (unpaired) electrons. The van der Waals surface area contributed by atoms with Gasteiger partial charge in [0, 0.05) is 12.4 Å². The molecule has 0 N–H and O–H groups in total. The summed E-state index contributed by atoms with van der Waals surface area (Å²) in [5.74, 6) is 0.897. The Bertz CT molecular complexity index is 486. The summed E-state index contributed by atoms with van der Waals surface area (Å²) < 4.78 is 7.29. The number of methoxy groups -OCH3 is 1. The van der Waals surface area contributed by atoms with Crippen LogP contribution in [0.15, 0.2) is 42.7 Å². The number of aromatic nitrogens is 2. The van der Waals surface area contributed by atoms with E-state index in [1.54, 1.807) is 7.11 Å². The maximum Gasteiger partial charge on any atom is 0.118 e. The summed E-state index contributed by atoms with van der Waals surface area (Å²) in [7, 11) is 0.293. The topological polar surface area (TPSA) is 27.1 Å². The molecule has 2 rings (SSSR count). The summed E-state index contributed by atoms with van der Waals surface area (Å²) in [6, 6.07) is 10.3. The van der Waals surface area contributed by atoms with Gasteiger partial charge in [-0.05, 0) is 23.8 Å². The third-order valence-electron chi connectivity index (χ3n) is 3.04. The van der Waals surface area contributed by atoms with Crippen molar-refractivity contribution in [1.29, 1.82) is 0 Å². The smallest absolute Gasteiger partial charge is 0.118 e. The molecule has 0 aliphatic rings. The van der Waals surface area contributed by atoms with Crippen molar-refractivity contribution in [1.82, 2.24) is 9.78 Å². The molecule has 0 spiro atoms. The number of benzene rings is 1. The first kappa shape index (κ1) is 12.9. The number of rotatable bonds is 4. The fourth-order valence-corrected chi connectivity index (χ4v) is 4.41. The van der Waals surface area contributed by atoms with Crippen LogP contribution in [0.3, 0.4) is 0 Å². The van der Waals surface area contributed by atoms with Gasteiger partial charge < -0.3 is 4.74 Å². The van der Waals surface area contributed by atoms with E-state index in [2.05, 4.69) is 41.6 Å². The van der Waals surface area contributed by atoms with Gasteiger partial charge in [0.1, 0.15) is 5.75 Å². The first-order valence-electron chi connectivity index (χ1n) is 6.15. The lowest BCUT2D eigenvalue weighted by Gasteiger charge is -2.29. The van der Waals surface area contributed by atoms with Gasteiger partial charge in [0.2, 0.25) is 0 Å². The molecule has 1 aromatic carbocycles. The first-order valence-corrected chi connectivity index (χ1v) is 9.73. The third kappa shape index (κ3) is 2.64. The summed E-state index contributed by atoms with van der Waals surface area (Å²) in [5, 5.41) is 4.42. The molecule has 0 aliphatic carbocycles. The Labute approximate surface area is 109 Å². The van der Waals surface area contributed by atoms with Crippen LogP contribution in [0.25, 0.3) is 0 Å². The van der Waals surface area contributed by atoms with E-state index in [9.17, 15) is 0 Å². The van der Waals surface area contributed by atoms with Crippen molar-refractivity contribution in [2.24, 2.45) is 0 Å². The minimum Gasteiger partial charge on any atom is -0.497 e. The van der Waals surface area contributed by atoms with Gasteiger partial charge in [-0.1, -0.05) is 31.8 Å². The molecular weight excluding hydrogens is 240 g/mol. The van der Waals surface area contributed by atoms with Gasteiger partial charge in [-0.15, -0.1) is 0 Å². The molecule has 18 heavy (non-hydrogen) atoms. The Morgan fingerprint density at radius 1 is 1.17 bits per heavy atom. The van der Waals surface area contributed by atoms with Crippen molar-refractivity contribution < 1.29 is 4.74 Å². The van der Waals surface area contributed by atoms with Crippen LogP contribution < -0.4 is 4.74 Å².